The summed E-state index contributed by atoms with van der Waals surface area (Å²) in [6.45, 7) is 0. The molecule has 0 fully saturated rings. The normalized spacial score (nSPS) is 9.18. The van der Waals surface area contributed by atoms with E-state index in [9.17, 15) is 0 Å². The Labute approximate surface area is 135 Å². The van der Waals surface area contributed by atoms with Crippen molar-refractivity contribution < 1.29 is 0 Å². The summed E-state index contributed by atoms with van der Waals surface area (Å²) in [7, 11) is 0. The zero-order valence-corrected chi connectivity index (χ0v) is 12.4. The molecular weight excluding hydrogens is 319 g/mol. The monoisotopic (exact) mass is 322 g/mol. The molecule has 4 nitrogen and oxygen atoms in total. The molecule has 6 heteroatoms. The molecule has 0 saturated heterocycles. The topological polar surface area (TPSA) is 95.2 Å². The lowest BCUT2D eigenvalue weighted by Gasteiger charge is -1.93. The third kappa shape index (κ3) is 2.58. The smallest absolute Gasteiger partial charge is 0.137 e. The molecular formula is C16H4Cl2N4. The molecule has 2 aliphatic carbocycles. The van der Waals surface area contributed by atoms with E-state index in [1.165, 1.54) is 18.2 Å². The van der Waals surface area contributed by atoms with Crippen LogP contribution in [0.1, 0.15) is 0 Å². The summed E-state index contributed by atoms with van der Waals surface area (Å²) in [6.07, 6.45) is 0. The lowest BCUT2D eigenvalue weighted by molar-refractivity contribution is 1.49. The van der Waals surface area contributed by atoms with Crippen molar-refractivity contribution in [3.05, 3.63) is 44.7 Å². The molecule has 0 aromatic heterocycles. The molecule has 0 aliphatic heterocycles. The van der Waals surface area contributed by atoms with Gasteiger partial charge in [0.15, 0.2) is 0 Å². The second-order valence-corrected chi connectivity index (χ2v) is 5.05. The van der Waals surface area contributed by atoms with Gasteiger partial charge in [0.2, 0.25) is 0 Å². The highest BCUT2D eigenvalue weighted by Crippen LogP contribution is 2.29. The van der Waals surface area contributed by atoms with Crippen molar-refractivity contribution in [2.45, 2.75) is 0 Å². The van der Waals surface area contributed by atoms with Crippen LogP contribution in [0.25, 0.3) is 22.3 Å². The van der Waals surface area contributed by atoms with E-state index in [1.807, 2.05) is 0 Å². The number of rotatable bonds is 0. The first-order valence-electron chi connectivity index (χ1n) is 5.83. The Morgan fingerprint density at radius 1 is 0.727 bits per heavy atom. The van der Waals surface area contributed by atoms with Crippen LogP contribution in [0.4, 0.5) is 0 Å². The van der Waals surface area contributed by atoms with Crippen LogP contribution < -0.4 is 10.4 Å². The van der Waals surface area contributed by atoms with Crippen LogP contribution in [0, 0.1) is 45.3 Å². The maximum Gasteiger partial charge on any atom is 0.137 e. The summed E-state index contributed by atoms with van der Waals surface area (Å²) in [5.74, 6) is 0. The molecule has 0 saturated carbocycles. The maximum absolute atomic E-state index is 9.05. The number of nitrogens with zero attached hydrogens (tertiary/aromatic N) is 4. The van der Waals surface area contributed by atoms with Crippen LogP contribution in [0.5, 0.6) is 0 Å². The summed E-state index contributed by atoms with van der Waals surface area (Å²) in [5.41, 5.74) is 0.776. The van der Waals surface area contributed by atoms with Gasteiger partial charge in [-0.15, -0.1) is 0 Å². The molecule has 0 aromatic carbocycles. The second kappa shape index (κ2) is 6.17. The van der Waals surface area contributed by atoms with Gasteiger partial charge in [-0.1, -0.05) is 23.2 Å². The van der Waals surface area contributed by atoms with Gasteiger partial charge in [-0.05, 0) is 29.8 Å². The summed E-state index contributed by atoms with van der Waals surface area (Å²) in [5, 5.41) is 37.4. The number of hydrogen-bond donors (Lipinski definition) is 0. The zero-order chi connectivity index (χ0) is 16.3. The van der Waals surface area contributed by atoms with E-state index in [-0.39, 0.29) is 16.2 Å². The van der Waals surface area contributed by atoms with Crippen LogP contribution in [0.2, 0.25) is 10.0 Å². The highest BCUT2D eigenvalue weighted by molar-refractivity contribution is 6.35. The van der Waals surface area contributed by atoms with Gasteiger partial charge in [-0.3, -0.25) is 0 Å². The van der Waals surface area contributed by atoms with Gasteiger partial charge in [0.25, 0.3) is 0 Å². The Balaban J connectivity index is 3.16. The summed E-state index contributed by atoms with van der Waals surface area (Å²) in [4.78, 5) is 0. The Bertz CT molecular complexity index is 1010. The fourth-order valence-electron chi connectivity index (χ4n) is 2.03. The highest BCUT2D eigenvalue weighted by atomic mass is 35.5. The van der Waals surface area contributed by atoms with Gasteiger partial charge in [-0.2, -0.15) is 21.0 Å². The number of hydrogen-bond acceptors (Lipinski definition) is 4. The minimum Gasteiger partial charge on any atom is -0.192 e. The molecule has 0 amide bonds. The van der Waals surface area contributed by atoms with Gasteiger partial charge in [0.1, 0.15) is 35.4 Å². The van der Waals surface area contributed by atoms with Gasteiger partial charge >= 0.3 is 0 Å². The van der Waals surface area contributed by atoms with Gasteiger partial charge < -0.3 is 0 Å². The van der Waals surface area contributed by atoms with Crippen molar-refractivity contribution in [1.29, 1.82) is 21.0 Å². The van der Waals surface area contributed by atoms with Crippen molar-refractivity contribution in [2.24, 2.45) is 0 Å². The molecule has 0 N–H and O–H groups in total. The number of halogens is 2. The van der Waals surface area contributed by atoms with E-state index >= 15 is 0 Å². The largest absolute Gasteiger partial charge is 0.192 e. The van der Waals surface area contributed by atoms with E-state index in [4.69, 9.17) is 44.2 Å². The zero-order valence-electron chi connectivity index (χ0n) is 10.9. The van der Waals surface area contributed by atoms with Crippen molar-refractivity contribution >= 4 is 34.3 Å². The minimum atomic E-state index is -0.127. The molecule has 102 valence electrons. The predicted octanol–water partition coefficient (Wildman–Crippen LogP) is 2.49. The van der Waals surface area contributed by atoms with Gasteiger partial charge in [0, 0.05) is 26.0 Å². The standard InChI is InChI=1S/C16H4Cl2N4/c17-12-1-9(10(5-19)6-20)2-14-13(11(7-21)8-22)4-16(18)15(14)3-12/h1-4H. The lowest BCUT2D eigenvalue weighted by atomic mass is 10.1. The molecule has 0 unspecified atom stereocenters. The van der Waals surface area contributed by atoms with E-state index in [0.29, 0.717) is 26.6 Å². The summed E-state index contributed by atoms with van der Waals surface area (Å²) >= 11 is 12.2. The third-order valence-electron chi connectivity index (χ3n) is 2.99. The third-order valence-corrected chi connectivity index (χ3v) is 3.52. The molecule has 0 spiro atoms. The SMILES string of the molecule is N#CC(C#N)=c1cc(Cl)cc2c(Cl)cc(=C(C#N)C#N)c-2c1. The average Bonchev–Trinajstić information content (AvgIpc) is 2.69. The van der Waals surface area contributed by atoms with Crippen LogP contribution in [-0.2, 0) is 0 Å². The second-order valence-electron chi connectivity index (χ2n) is 4.20. The van der Waals surface area contributed by atoms with E-state index < -0.39 is 0 Å². The first-order chi connectivity index (χ1) is 10.5. The molecule has 2 rings (SSSR count). The van der Waals surface area contributed by atoms with Crippen molar-refractivity contribution in [2.75, 3.05) is 0 Å². The fourth-order valence-corrected chi connectivity index (χ4v) is 2.53. The highest BCUT2D eigenvalue weighted by Gasteiger charge is 2.14. The Morgan fingerprint density at radius 3 is 1.86 bits per heavy atom. The van der Waals surface area contributed by atoms with Crippen LogP contribution >= 0.6 is 23.2 Å². The number of nitriles is 4. The predicted molar refractivity (Wildman–Crippen MR) is 81.6 cm³/mol. The lowest BCUT2D eigenvalue weighted by Crippen LogP contribution is -2.07. The Morgan fingerprint density at radius 2 is 1.32 bits per heavy atom. The van der Waals surface area contributed by atoms with Gasteiger partial charge in [0.05, 0.1) is 0 Å². The van der Waals surface area contributed by atoms with Crippen molar-refractivity contribution in [1.82, 2.24) is 0 Å². The molecule has 0 bridgehead atoms. The summed E-state index contributed by atoms with van der Waals surface area (Å²) in [6, 6.07) is 13.2. The molecule has 2 aliphatic rings. The molecule has 0 radical (unpaired) electrons. The Kier molecular flexibility index (Phi) is 4.31. The van der Waals surface area contributed by atoms with Crippen molar-refractivity contribution in [3.63, 3.8) is 0 Å². The molecule has 0 heterocycles. The first-order valence-corrected chi connectivity index (χ1v) is 6.59. The molecule has 0 atom stereocenters. The number of fused-ring (bicyclic) bond motifs is 1. The van der Waals surface area contributed by atoms with Crippen LogP contribution in [-0.4, -0.2) is 0 Å². The van der Waals surface area contributed by atoms with Crippen LogP contribution in [0.15, 0.2) is 24.3 Å². The van der Waals surface area contributed by atoms with E-state index in [0.717, 1.165) is 0 Å². The van der Waals surface area contributed by atoms with Crippen molar-refractivity contribution in [3.8, 4) is 35.4 Å². The molecule has 22 heavy (non-hydrogen) atoms. The Hall–Kier alpha value is -3.02. The first kappa shape index (κ1) is 15.4. The van der Waals surface area contributed by atoms with E-state index in [1.54, 1.807) is 30.3 Å². The average molecular weight is 323 g/mol. The van der Waals surface area contributed by atoms with Gasteiger partial charge in [-0.25, -0.2) is 0 Å². The minimum absolute atomic E-state index is 0.111. The molecule has 0 aromatic rings. The quantitative estimate of drug-likeness (QED) is 0.744. The summed E-state index contributed by atoms with van der Waals surface area (Å²) < 4.78 is 0. The fraction of sp³-hybridized carbons (Fsp3) is 0. The van der Waals surface area contributed by atoms with Crippen LogP contribution in [0.3, 0.4) is 0 Å². The maximum atomic E-state index is 9.05. The van der Waals surface area contributed by atoms with E-state index in [2.05, 4.69) is 0 Å².